The van der Waals surface area contributed by atoms with E-state index in [-0.39, 0.29) is 18.5 Å². The fourth-order valence-electron chi connectivity index (χ4n) is 2.34. The Morgan fingerprint density at radius 3 is 2.32 bits per heavy atom. The van der Waals surface area contributed by atoms with Crippen LogP contribution in [0, 0.1) is 5.92 Å². The van der Waals surface area contributed by atoms with Crippen LogP contribution in [0.1, 0.15) is 27.2 Å². The van der Waals surface area contributed by atoms with Gasteiger partial charge in [-0.1, -0.05) is 32.0 Å². The summed E-state index contributed by atoms with van der Waals surface area (Å²) in [5.74, 6) is -0.750. The molecule has 0 saturated carbocycles. The minimum absolute atomic E-state index is 0.195. The first-order valence-electron chi connectivity index (χ1n) is 8.36. The lowest BCUT2D eigenvalue weighted by Crippen LogP contribution is -2.52. The zero-order valence-electron chi connectivity index (χ0n) is 15.2. The third-order valence-corrected chi connectivity index (χ3v) is 3.59. The monoisotopic (exact) mass is 349 g/mol. The molecule has 0 heterocycles. The fourth-order valence-corrected chi connectivity index (χ4v) is 2.34. The lowest BCUT2D eigenvalue weighted by Gasteiger charge is -2.26. The normalized spacial score (nSPS) is 11.6. The van der Waals surface area contributed by atoms with Crippen LogP contribution in [-0.4, -0.2) is 44.1 Å². The van der Waals surface area contributed by atoms with E-state index in [2.05, 4.69) is 15.4 Å². The Hall–Kier alpha value is -2.57. The Morgan fingerprint density at radius 1 is 1.16 bits per heavy atom. The van der Waals surface area contributed by atoms with Crippen molar-refractivity contribution in [3.05, 3.63) is 30.3 Å². The molecule has 0 aromatic heterocycles. The van der Waals surface area contributed by atoms with E-state index in [1.165, 1.54) is 7.11 Å². The quantitative estimate of drug-likeness (QED) is 0.702. The Morgan fingerprint density at radius 2 is 1.80 bits per heavy atom. The van der Waals surface area contributed by atoms with Crippen molar-refractivity contribution in [1.29, 1.82) is 0 Å². The van der Waals surface area contributed by atoms with E-state index in [9.17, 15) is 14.4 Å². The number of hydrogen-bond acceptors (Lipinski definition) is 4. The maximum Gasteiger partial charge on any atom is 0.325 e. The van der Waals surface area contributed by atoms with Gasteiger partial charge < -0.3 is 15.4 Å². The van der Waals surface area contributed by atoms with Gasteiger partial charge >= 0.3 is 12.0 Å². The average molecular weight is 349 g/mol. The van der Waals surface area contributed by atoms with Crippen LogP contribution in [0.5, 0.6) is 0 Å². The van der Waals surface area contributed by atoms with Crippen molar-refractivity contribution in [2.75, 3.05) is 25.1 Å². The van der Waals surface area contributed by atoms with Gasteiger partial charge in [0.25, 0.3) is 0 Å². The number of carbonyl (C=O) groups excluding carboxylic acids is 3. The summed E-state index contributed by atoms with van der Waals surface area (Å²) in [5, 5.41) is 5.26. The Labute approximate surface area is 148 Å². The van der Waals surface area contributed by atoms with Gasteiger partial charge in [0.05, 0.1) is 7.11 Å². The minimum Gasteiger partial charge on any atom is -0.468 e. The summed E-state index contributed by atoms with van der Waals surface area (Å²) in [5.41, 5.74) is 0.751. The third-order valence-electron chi connectivity index (χ3n) is 3.59. The summed E-state index contributed by atoms with van der Waals surface area (Å²) >= 11 is 0. The molecule has 1 aromatic carbocycles. The Kier molecular flexibility index (Phi) is 8.46. The number of urea groups is 1. The number of carbonyl (C=O) groups is 3. The number of nitrogens with zero attached hydrogens (tertiary/aromatic N) is 1. The second-order valence-corrected chi connectivity index (χ2v) is 6.01. The molecule has 2 N–H and O–H groups in total. The molecule has 0 radical (unpaired) electrons. The molecule has 138 valence electrons. The number of rotatable bonds is 8. The van der Waals surface area contributed by atoms with E-state index in [0.717, 1.165) is 5.69 Å². The first kappa shape index (κ1) is 20.5. The zero-order chi connectivity index (χ0) is 18.8. The van der Waals surface area contributed by atoms with Gasteiger partial charge in [-0.15, -0.1) is 0 Å². The smallest absolute Gasteiger partial charge is 0.325 e. The Bertz CT molecular complexity index is 575. The largest absolute Gasteiger partial charge is 0.468 e. The number of ether oxygens (including phenoxy) is 1. The first-order valence-corrected chi connectivity index (χ1v) is 8.36. The molecule has 7 nitrogen and oxygen atoms in total. The van der Waals surface area contributed by atoms with Crippen LogP contribution in [0.2, 0.25) is 0 Å². The number of esters is 1. The predicted molar refractivity (Wildman–Crippen MR) is 96.3 cm³/mol. The second kappa shape index (κ2) is 10.3. The summed E-state index contributed by atoms with van der Waals surface area (Å²) in [7, 11) is 1.25. The van der Waals surface area contributed by atoms with E-state index < -0.39 is 17.9 Å². The van der Waals surface area contributed by atoms with Crippen molar-refractivity contribution in [3.8, 4) is 0 Å². The maximum atomic E-state index is 12.6. The van der Waals surface area contributed by atoms with Crippen LogP contribution in [-0.2, 0) is 14.3 Å². The summed E-state index contributed by atoms with van der Waals surface area (Å²) in [6.07, 6.45) is 0.463. The number of nitrogens with one attached hydrogen (secondary N) is 2. The molecule has 0 fully saturated rings. The van der Waals surface area contributed by atoms with Gasteiger partial charge in [-0.25, -0.2) is 4.79 Å². The third kappa shape index (κ3) is 6.82. The van der Waals surface area contributed by atoms with Crippen molar-refractivity contribution >= 4 is 23.6 Å². The van der Waals surface area contributed by atoms with E-state index in [4.69, 9.17) is 0 Å². The van der Waals surface area contributed by atoms with Crippen molar-refractivity contribution < 1.29 is 19.1 Å². The van der Waals surface area contributed by atoms with Crippen LogP contribution in [0.25, 0.3) is 0 Å². The van der Waals surface area contributed by atoms with Gasteiger partial charge in [0.15, 0.2) is 0 Å². The second-order valence-electron chi connectivity index (χ2n) is 6.01. The van der Waals surface area contributed by atoms with E-state index >= 15 is 0 Å². The van der Waals surface area contributed by atoms with Crippen molar-refractivity contribution in [3.63, 3.8) is 0 Å². The van der Waals surface area contributed by atoms with Crippen molar-refractivity contribution in [2.45, 2.75) is 33.2 Å². The van der Waals surface area contributed by atoms with Gasteiger partial charge in [-0.2, -0.15) is 0 Å². The van der Waals surface area contributed by atoms with Crippen molar-refractivity contribution in [1.82, 2.24) is 10.6 Å². The molecule has 1 aromatic rings. The lowest BCUT2D eigenvalue weighted by molar-refractivity contribution is -0.141. The number of benzene rings is 1. The van der Waals surface area contributed by atoms with Crippen LogP contribution in [0.15, 0.2) is 30.3 Å². The van der Waals surface area contributed by atoms with Crippen LogP contribution < -0.4 is 15.5 Å². The molecule has 0 unspecified atom stereocenters. The molecule has 25 heavy (non-hydrogen) atoms. The highest BCUT2D eigenvalue weighted by Crippen LogP contribution is 2.14. The zero-order valence-corrected chi connectivity index (χ0v) is 15.2. The molecule has 1 atom stereocenters. The van der Waals surface area contributed by atoms with Crippen LogP contribution in [0.4, 0.5) is 10.5 Å². The van der Waals surface area contributed by atoms with Gasteiger partial charge in [0.2, 0.25) is 5.91 Å². The van der Waals surface area contributed by atoms with Crippen LogP contribution >= 0.6 is 0 Å². The number of amides is 3. The lowest BCUT2D eigenvalue weighted by atomic mass is 10.0. The molecule has 3 amide bonds. The minimum atomic E-state index is -0.727. The van der Waals surface area contributed by atoms with Gasteiger partial charge in [-0.3, -0.25) is 14.5 Å². The highest BCUT2D eigenvalue weighted by molar-refractivity contribution is 5.96. The standard InChI is InChI=1S/C18H27N3O4/c1-5-21(14-9-7-6-8-10-14)18(24)20-15(11-13(2)3)17(23)19-12-16(22)25-4/h6-10,13,15H,5,11-12H2,1-4H3,(H,19,23)(H,20,24)/t15-/m0/s1. The first-order chi connectivity index (χ1) is 11.9. The number of methoxy groups -OCH3 is 1. The summed E-state index contributed by atoms with van der Waals surface area (Å²) in [4.78, 5) is 37.7. The van der Waals surface area contributed by atoms with Gasteiger partial charge in [0.1, 0.15) is 12.6 Å². The van der Waals surface area contributed by atoms with Gasteiger partial charge in [-0.05, 0) is 31.4 Å². The molecular weight excluding hydrogens is 322 g/mol. The molecule has 0 spiro atoms. The molecule has 7 heteroatoms. The highest BCUT2D eigenvalue weighted by atomic mass is 16.5. The predicted octanol–water partition coefficient (Wildman–Crippen LogP) is 1.93. The van der Waals surface area contributed by atoms with E-state index in [1.807, 2.05) is 51.1 Å². The molecule has 0 aliphatic rings. The highest BCUT2D eigenvalue weighted by Gasteiger charge is 2.25. The number of anilines is 1. The molecule has 0 bridgehead atoms. The average Bonchev–Trinajstić information content (AvgIpc) is 2.59. The molecule has 0 aliphatic heterocycles. The Balaban J connectivity index is 2.80. The SMILES string of the molecule is CCN(C(=O)N[C@@H](CC(C)C)C(=O)NCC(=O)OC)c1ccccc1. The maximum absolute atomic E-state index is 12.6. The molecule has 0 aliphatic carbocycles. The van der Waals surface area contributed by atoms with Crippen LogP contribution in [0.3, 0.4) is 0 Å². The van der Waals surface area contributed by atoms with Gasteiger partial charge in [0, 0.05) is 12.2 Å². The summed E-state index contributed by atoms with van der Waals surface area (Å²) in [6.45, 7) is 6.02. The molecule has 0 saturated heterocycles. The molecule has 1 rings (SSSR count). The van der Waals surface area contributed by atoms with Crippen molar-refractivity contribution in [2.24, 2.45) is 5.92 Å². The fraction of sp³-hybridized carbons (Fsp3) is 0.500. The number of hydrogen-bond donors (Lipinski definition) is 2. The number of para-hydroxylation sites is 1. The van der Waals surface area contributed by atoms with E-state index in [0.29, 0.717) is 13.0 Å². The summed E-state index contributed by atoms with van der Waals surface area (Å²) < 4.78 is 4.51. The van der Waals surface area contributed by atoms with E-state index in [1.54, 1.807) is 4.90 Å². The summed E-state index contributed by atoms with van der Waals surface area (Å²) in [6, 6.07) is 8.15. The topological polar surface area (TPSA) is 87.7 Å². The molecular formula is C18H27N3O4.